The molecule has 0 unspecified atom stereocenters. The van der Waals surface area contributed by atoms with Gasteiger partial charge in [0.25, 0.3) is 0 Å². The van der Waals surface area contributed by atoms with E-state index in [1.165, 1.54) is 44.9 Å². The Morgan fingerprint density at radius 2 is 1.23 bits per heavy atom. The van der Waals surface area contributed by atoms with Gasteiger partial charge in [0.2, 0.25) is 0 Å². The average molecular weight is 181 g/mol. The third kappa shape index (κ3) is 5.39. The minimum Gasteiger partial charge on any atom is -0.0654 e. The summed E-state index contributed by atoms with van der Waals surface area (Å²) in [6, 6.07) is 0. The van der Waals surface area contributed by atoms with E-state index in [1.807, 2.05) is 0 Å². The fraction of sp³-hybridized carbons (Fsp3) is 1.00. The van der Waals surface area contributed by atoms with Gasteiger partial charge in [0.05, 0.1) is 0 Å². The summed E-state index contributed by atoms with van der Waals surface area (Å²) in [5, 5.41) is 0. The van der Waals surface area contributed by atoms with Gasteiger partial charge in [0.1, 0.15) is 0 Å². The maximum Gasteiger partial charge on any atom is 0 e. The second kappa shape index (κ2) is 8.65. The van der Waals surface area contributed by atoms with E-state index in [-0.39, 0.29) is 8.41 Å². The summed E-state index contributed by atoms with van der Waals surface area (Å²) in [7, 11) is 0. The van der Waals surface area contributed by atoms with Crippen molar-refractivity contribution in [3.8, 4) is 0 Å². The van der Waals surface area contributed by atoms with Crippen molar-refractivity contribution in [2.75, 3.05) is 0 Å². The molecule has 77 valence electrons. The van der Waals surface area contributed by atoms with Crippen LogP contribution in [0.25, 0.3) is 0 Å². The zero-order valence-electron chi connectivity index (χ0n) is 10.0. The quantitative estimate of drug-likeness (QED) is 0.403. The molecule has 1 heteroatoms. The summed E-state index contributed by atoms with van der Waals surface area (Å²) < 4.78 is 0. The summed E-state index contributed by atoms with van der Waals surface area (Å²) in [6.07, 6.45) is 9.75. The maximum absolute atomic E-state index is 2.35. The molecule has 0 rings (SSSR count). The van der Waals surface area contributed by atoms with E-state index in [2.05, 4.69) is 27.7 Å². The third-order valence-corrected chi connectivity index (χ3v) is 3.56. The summed E-state index contributed by atoms with van der Waals surface area (Å²) >= 11 is 0. The van der Waals surface area contributed by atoms with Gasteiger partial charge in [-0.1, -0.05) is 66.2 Å². The first-order valence-corrected chi connectivity index (χ1v) is 5.74. The predicted octanol–water partition coefficient (Wildman–Crippen LogP) is 4.40. The van der Waals surface area contributed by atoms with Crippen LogP contribution in [0.15, 0.2) is 0 Å². The smallest absolute Gasteiger partial charge is 0 e. The molecule has 0 fully saturated rings. The molecule has 0 nitrogen and oxygen atoms in total. The Morgan fingerprint density at radius 3 is 1.54 bits per heavy atom. The lowest BCUT2D eigenvalue weighted by molar-refractivity contribution is 0.220. The molecule has 3 radical (unpaired) electrons. The van der Waals surface area contributed by atoms with E-state index in [4.69, 9.17) is 0 Å². The Kier molecular flexibility index (Phi) is 10.3. The minimum atomic E-state index is 0. The highest BCUT2D eigenvalue weighted by atomic mass is 14.3. The van der Waals surface area contributed by atoms with Crippen LogP contribution in [0.3, 0.4) is 0 Å². The van der Waals surface area contributed by atoms with Crippen molar-refractivity contribution >= 4 is 8.41 Å². The van der Waals surface area contributed by atoms with Gasteiger partial charge in [-0.2, -0.15) is 0 Å². The summed E-state index contributed by atoms with van der Waals surface area (Å²) in [5.74, 6) is 0. The lowest BCUT2D eigenvalue weighted by Gasteiger charge is -2.30. The molecule has 0 saturated carbocycles. The van der Waals surface area contributed by atoms with E-state index in [1.54, 1.807) is 0 Å². The molecule has 0 aromatic heterocycles. The highest BCUT2D eigenvalue weighted by Gasteiger charge is 2.22. The van der Waals surface area contributed by atoms with Crippen LogP contribution in [-0.2, 0) is 0 Å². The molecule has 0 spiro atoms. The van der Waals surface area contributed by atoms with Gasteiger partial charge in [-0.15, -0.1) is 0 Å². The van der Waals surface area contributed by atoms with Gasteiger partial charge in [0.15, 0.2) is 0 Å². The molecule has 0 aromatic rings. The first-order valence-electron chi connectivity index (χ1n) is 5.74. The molecule has 0 aliphatic heterocycles. The number of hydrogen-bond acceptors (Lipinski definition) is 0. The summed E-state index contributed by atoms with van der Waals surface area (Å²) in [4.78, 5) is 0. The Bertz CT molecular complexity index is 87.0. The van der Waals surface area contributed by atoms with Crippen molar-refractivity contribution < 1.29 is 0 Å². The molecule has 0 bridgehead atoms. The largest absolute Gasteiger partial charge is 0.0654 e. The van der Waals surface area contributed by atoms with Gasteiger partial charge in [0, 0.05) is 8.41 Å². The topological polar surface area (TPSA) is 0 Å². The normalized spacial score (nSPS) is 11.1. The lowest BCUT2D eigenvalue weighted by Crippen LogP contribution is -2.17. The van der Waals surface area contributed by atoms with Crippen LogP contribution in [0.2, 0.25) is 0 Å². The SMILES string of the molecule is CCCCCC(CC)(CC)CC.[B]. The van der Waals surface area contributed by atoms with Crippen LogP contribution >= 0.6 is 0 Å². The van der Waals surface area contributed by atoms with Gasteiger partial charge in [-0.25, -0.2) is 0 Å². The zero-order chi connectivity index (χ0) is 9.45. The molecule has 0 saturated heterocycles. The molecule has 0 atom stereocenters. The molecule has 0 aromatic carbocycles. The molecule has 0 amide bonds. The van der Waals surface area contributed by atoms with Crippen LogP contribution in [0, 0.1) is 5.41 Å². The fourth-order valence-electron chi connectivity index (χ4n) is 2.03. The Balaban J connectivity index is 0. The van der Waals surface area contributed by atoms with Crippen LogP contribution in [-0.4, -0.2) is 8.41 Å². The van der Waals surface area contributed by atoms with Gasteiger partial charge < -0.3 is 0 Å². The lowest BCUT2D eigenvalue weighted by atomic mass is 9.76. The zero-order valence-corrected chi connectivity index (χ0v) is 10.0. The van der Waals surface area contributed by atoms with Crippen molar-refractivity contribution in [3.05, 3.63) is 0 Å². The first kappa shape index (κ1) is 15.5. The van der Waals surface area contributed by atoms with E-state index in [9.17, 15) is 0 Å². The van der Waals surface area contributed by atoms with E-state index >= 15 is 0 Å². The van der Waals surface area contributed by atoms with Gasteiger partial charge >= 0.3 is 0 Å². The monoisotopic (exact) mass is 181 g/mol. The van der Waals surface area contributed by atoms with Crippen molar-refractivity contribution in [2.45, 2.75) is 72.6 Å². The highest BCUT2D eigenvalue weighted by molar-refractivity contribution is 5.75. The Morgan fingerprint density at radius 1 is 0.769 bits per heavy atom. The second-order valence-corrected chi connectivity index (χ2v) is 4.02. The average Bonchev–Trinajstić information content (AvgIpc) is 2.14. The summed E-state index contributed by atoms with van der Waals surface area (Å²) in [5.41, 5.74) is 0.676. The number of unbranched alkanes of at least 4 members (excludes halogenated alkanes) is 2. The molecular formula is C12H26B. The molecule has 0 aliphatic carbocycles. The van der Waals surface area contributed by atoms with Crippen molar-refractivity contribution in [3.63, 3.8) is 0 Å². The van der Waals surface area contributed by atoms with Crippen molar-refractivity contribution in [1.29, 1.82) is 0 Å². The van der Waals surface area contributed by atoms with Gasteiger partial charge in [-0.3, -0.25) is 0 Å². The van der Waals surface area contributed by atoms with Crippen LogP contribution < -0.4 is 0 Å². The Hall–Kier alpha value is 0.0649. The summed E-state index contributed by atoms with van der Waals surface area (Å²) in [6.45, 7) is 9.32. The van der Waals surface area contributed by atoms with E-state index in [0.29, 0.717) is 5.41 Å². The molecule has 13 heavy (non-hydrogen) atoms. The van der Waals surface area contributed by atoms with E-state index < -0.39 is 0 Å². The second-order valence-electron chi connectivity index (χ2n) is 4.02. The maximum atomic E-state index is 2.35. The molecule has 0 heterocycles. The molecule has 0 N–H and O–H groups in total. The molecular weight excluding hydrogens is 155 g/mol. The van der Waals surface area contributed by atoms with Crippen LogP contribution in [0.5, 0.6) is 0 Å². The third-order valence-electron chi connectivity index (χ3n) is 3.56. The fourth-order valence-corrected chi connectivity index (χ4v) is 2.03. The molecule has 0 aliphatic rings. The standard InChI is InChI=1S/C12H26.B/c1-5-9-10-11-12(6-2,7-3)8-4;/h5-11H2,1-4H3;. The van der Waals surface area contributed by atoms with Crippen LogP contribution in [0.4, 0.5) is 0 Å². The Labute approximate surface area is 87.1 Å². The highest BCUT2D eigenvalue weighted by Crippen LogP contribution is 2.35. The van der Waals surface area contributed by atoms with Crippen LogP contribution in [0.1, 0.15) is 72.6 Å². The minimum absolute atomic E-state index is 0. The van der Waals surface area contributed by atoms with E-state index in [0.717, 1.165) is 0 Å². The van der Waals surface area contributed by atoms with Crippen molar-refractivity contribution in [1.82, 2.24) is 0 Å². The number of hydrogen-bond donors (Lipinski definition) is 0. The number of rotatable bonds is 7. The van der Waals surface area contributed by atoms with Crippen molar-refractivity contribution in [2.24, 2.45) is 5.41 Å². The predicted molar refractivity (Wildman–Crippen MR) is 63.2 cm³/mol. The van der Waals surface area contributed by atoms with Gasteiger partial charge in [-0.05, 0) is 11.8 Å². The first-order chi connectivity index (χ1) is 5.74.